The first-order valence-electron chi connectivity index (χ1n) is 6.36. The standard InChI is InChI=1S/C16H13FN2O/c1-11-18-14-7-2-3-8-15(14)19(11)10-16(20)12-5-4-6-13(17)9-12/h2-9H,10H2,1H3. The molecule has 3 rings (SSSR count). The summed E-state index contributed by atoms with van der Waals surface area (Å²) in [6.07, 6.45) is 0. The smallest absolute Gasteiger partial charge is 0.182 e. The summed E-state index contributed by atoms with van der Waals surface area (Å²) in [6.45, 7) is 2.02. The highest BCUT2D eigenvalue weighted by molar-refractivity contribution is 5.96. The molecular formula is C16H13FN2O. The number of fused-ring (bicyclic) bond motifs is 1. The molecule has 100 valence electrons. The molecule has 0 spiro atoms. The van der Waals surface area contributed by atoms with Gasteiger partial charge in [-0.05, 0) is 31.2 Å². The van der Waals surface area contributed by atoms with Crippen molar-refractivity contribution in [2.45, 2.75) is 13.5 Å². The van der Waals surface area contributed by atoms with Crippen LogP contribution in [0.2, 0.25) is 0 Å². The minimum atomic E-state index is -0.400. The van der Waals surface area contributed by atoms with E-state index in [0.29, 0.717) is 5.56 Å². The van der Waals surface area contributed by atoms with Crippen molar-refractivity contribution in [3.8, 4) is 0 Å². The van der Waals surface area contributed by atoms with Gasteiger partial charge in [0.1, 0.15) is 11.6 Å². The van der Waals surface area contributed by atoms with Crippen LogP contribution in [0.15, 0.2) is 48.5 Å². The van der Waals surface area contributed by atoms with Crippen molar-refractivity contribution in [3.63, 3.8) is 0 Å². The van der Waals surface area contributed by atoms with Gasteiger partial charge < -0.3 is 4.57 Å². The zero-order valence-corrected chi connectivity index (χ0v) is 11.0. The molecule has 1 aromatic heterocycles. The van der Waals surface area contributed by atoms with E-state index in [-0.39, 0.29) is 12.3 Å². The average Bonchev–Trinajstić information content (AvgIpc) is 2.75. The van der Waals surface area contributed by atoms with Gasteiger partial charge >= 0.3 is 0 Å². The fourth-order valence-corrected chi connectivity index (χ4v) is 2.29. The number of benzene rings is 2. The van der Waals surface area contributed by atoms with Crippen molar-refractivity contribution < 1.29 is 9.18 Å². The van der Waals surface area contributed by atoms with Crippen LogP contribution < -0.4 is 0 Å². The Kier molecular flexibility index (Phi) is 3.06. The summed E-state index contributed by atoms with van der Waals surface area (Å²) in [6, 6.07) is 13.4. The second kappa shape index (κ2) is 4.89. The zero-order chi connectivity index (χ0) is 14.1. The maximum Gasteiger partial charge on any atom is 0.182 e. The van der Waals surface area contributed by atoms with Gasteiger partial charge in [-0.2, -0.15) is 0 Å². The van der Waals surface area contributed by atoms with Gasteiger partial charge in [0.25, 0.3) is 0 Å². The van der Waals surface area contributed by atoms with Crippen LogP contribution >= 0.6 is 0 Å². The maximum absolute atomic E-state index is 13.2. The van der Waals surface area contributed by atoms with Gasteiger partial charge in [0, 0.05) is 5.56 Å². The van der Waals surface area contributed by atoms with E-state index in [2.05, 4.69) is 4.98 Å². The molecule has 20 heavy (non-hydrogen) atoms. The van der Waals surface area contributed by atoms with E-state index in [1.807, 2.05) is 35.8 Å². The molecule has 0 atom stereocenters. The highest BCUT2D eigenvalue weighted by Gasteiger charge is 2.12. The Labute approximate surface area is 115 Å². The highest BCUT2D eigenvalue weighted by Crippen LogP contribution is 2.16. The first-order chi connectivity index (χ1) is 9.65. The van der Waals surface area contributed by atoms with E-state index < -0.39 is 5.82 Å². The number of aromatic nitrogens is 2. The molecule has 3 nitrogen and oxygen atoms in total. The summed E-state index contributed by atoms with van der Waals surface area (Å²) in [5.41, 5.74) is 2.15. The molecule has 1 heterocycles. The van der Waals surface area contributed by atoms with E-state index in [1.54, 1.807) is 12.1 Å². The lowest BCUT2D eigenvalue weighted by Gasteiger charge is -2.06. The summed E-state index contributed by atoms with van der Waals surface area (Å²) in [5, 5.41) is 0. The topological polar surface area (TPSA) is 34.9 Å². The van der Waals surface area contributed by atoms with E-state index in [9.17, 15) is 9.18 Å². The number of hydrogen-bond acceptors (Lipinski definition) is 2. The van der Waals surface area contributed by atoms with Crippen molar-refractivity contribution >= 4 is 16.8 Å². The summed E-state index contributed by atoms with van der Waals surface area (Å²) in [7, 11) is 0. The Morgan fingerprint density at radius 1 is 1.20 bits per heavy atom. The number of halogens is 1. The molecule has 0 bridgehead atoms. The molecule has 0 radical (unpaired) electrons. The highest BCUT2D eigenvalue weighted by atomic mass is 19.1. The Balaban J connectivity index is 1.97. The van der Waals surface area contributed by atoms with Gasteiger partial charge in [0.2, 0.25) is 0 Å². The third-order valence-electron chi connectivity index (χ3n) is 3.29. The maximum atomic E-state index is 13.2. The monoisotopic (exact) mass is 268 g/mol. The summed E-state index contributed by atoms with van der Waals surface area (Å²) in [5.74, 6) is 0.245. The molecule has 2 aromatic carbocycles. The van der Waals surface area contributed by atoms with Gasteiger partial charge in [-0.1, -0.05) is 24.3 Å². The number of rotatable bonds is 3. The predicted molar refractivity (Wildman–Crippen MR) is 75.2 cm³/mol. The number of aryl methyl sites for hydroxylation is 1. The molecule has 0 aliphatic heterocycles. The number of hydrogen-bond donors (Lipinski definition) is 0. The molecule has 0 N–H and O–H groups in total. The first kappa shape index (κ1) is 12.5. The van der Waals surface area contributed by atoms with Crippen LogP contribution in [0.1, 0.15) is 16.2 Å². The fourth-order valence-electron chi connectivity index (χ4n) is 2.29. The van der Waals surface area contributed by atoms with Crippen molar-refractivity contribution in [2.75, 3.05) is 0 Å². The molecule has 0 aliphatic rings. The summed E-state index contributed by atoms with van der Waals surface area (Å²) < 4.78 is 15.0. The number of carbonyl (C=O) groups is 1. The van der Waals surface area contributed by atoms with Crippen LogP contribution in [-0.2, 0) is 6.54 Å². The van der Waals surface area contributed by atoms with Crippen molar-refractivity contribution in [2.24, 2.45) is 0 Å². The van der Waals surface area contributed by atoms with Gasteiger partial charge in [-0.3, -0.25) is 4.79 Å². The van der Waals surface area contributed by atoms with E-state index in [0.717, 1.165) is 16.9 Å². The van der Waals surface area contributed by atoms with Crippen LogP contribution in [0, 0.1) is 12.7 Å². The molecule has 0 fully saturated rings. The Bertz CT molecular complexity index is 792. The lowest BCUT2D eigenvalue weighted by atomic mass is 10.1. The zero-order valence-electron chi connectivity index (χ0n) is 11.0. The fraction of sp³-hybridized carbons (Fsp3) is 0.125. The average molecular weight is 268 g/mol. The van der Waals surface area contributed by atoms with Crippen molar-refractivity contribution in [3.05, 3.63) is 65.7 Å². The molecule has 0 unspecified atom stereocenters. The molecule has 4 heteroatoms. The second-order valence-electron chi connectivity index (χ2n) is 4.67. The minimum Gasteiger partial charge on any atom is -0.320 e. The molecule has 0 saturated carbocycles. The minimum absolute atomic E-state index is 0.129. The molecular weight excluding hydrogens is 255 g/mol. The first-order valence-corrected chi connectivity index (χ1v) is 6.36. The third kappa shape index (κ3) is 2.20. The third-order valence-corrected chi connectivity index (χ3v) is 3.29. The lowest BCUT2D eigenvalue weighted by molar-refractivity contribution is 0.0972. The number of Topliss-reactive ketones (excluding diaryl/α,β-unsaturated/α-hetero) is 1. The van der Waals surface area contributed by atoms with Gasteiger partial charge in [0.05, 0.1) is 17.6 Å². The van der Waals surface area contributed by atoms with Crippen LogP contribution in [0.4, 0.5) is 4.39 Å². The van der Waals surface area contributed by atoms with Gasteiger partial charge in [-0.15, -0.1) is 0 Å². The molecule has 0 aliphatic carbocycles. The SMILES string of the molecule is Cc1nc2ccccc2n1CC(=O)c1cccc(F)c1. The van der Waals surface area contributed by atoms with Crippen LogP contribution in [0.5, 0.6) is 0 Å². The number of para-hydroxylation sites is 2. The van der Waals surface area contributed by atoms with Crippen LogP contribution in [0.25, 0.3) is 11.0 Å². The van der Waals surface area contributed by atoms with Crippen molar-refractivity contribution in [1.29, 1.82) is 0 Å². The van der Waals surface area contributed by atoms with Crippen LogP contribution in [-0.4, -0.2) is 15.3 Å². The van der Waals surface area contributed by atoms with E-state index in [4.69, 9.17) is 0 Å². The van der Waals surface area contributed by atoms with Crippen molar-refractivity contribution in [1.82, 2.24) is 9.55 Å². The Hall–Kier alpha value is -2.49. The number of ketones is 1. The normalized spacial score (nSPS) is 10.9. The lowest BCUT2D eigenvalue weighted by Crippen LogP contribution is -2.11. The van der Waals surface area contributed by atoms with E-state index in [1.165, 1.54) is 12.1 Å². The van der Waals surface area contributed by atoms with Gasteiger partial charge in [0.15, 0.2) is 5.78 Å². The quantitative estimate of drug-likeness (QED) is 0.683. The largest absolute Gasteiger partial charge is 0.320 e. The summed E-state index contributed by atoms with van der Waals surface area (Å²) >= 11 is 0. The van der Waals surface area contributed by atoms with Gasteiger partial charge in [-0.25, -0.2) is 9.37 Å². The number of imidazole rings is 1. The Morgan fingerprint density at radius 3 is 2.80 bits per heavy atom. The molecule has 0 amide bonds. The van der Waals surface area contributed by atoms with E-state index >= 15 is 0 Å². The predicted octanol–water partition coefficient (Wildman–Crippen LogP) is 3.37. The second-order valence-corrected chi connectivity index (χ2v) is 4.67. The summed E-state index contributed by atoms with van der Waals surface area (Å²) in [4.78, 5) is 16.7. The molecule has 3 aromatic rings. The molecule has 0 saturated heterocycles. The van der Waals surface area contributed by atoms with Crippen LogP contribution in [0.3, 0.4) is 0 Å². The Morgan fingerprint density at radius 2 is 2.00 bits per heavy atom. The number of carbonyl (C=O) groups excluding carboxylic acids is 1. The number of nitrogens with zero attached hydrogens (tertiary/aromatic N) is 2.